The standard InChI is InChI=1S/C9H15NO4S/c1-8(9(11)12)7-15(13,14)6-4-2-3-5-10/h8H,2-4,6-7H2,1H3,(H,11,12). The van der Waals surface area contributed by atoms with E-state index in [1.807, 2.05) is 6.07 Å². The quantitative estimate of drug-likeness (QED) is 0.657. The molecule has 0 rings (SSSR count). The molecule has 1 N–H and O–H groups in total. The van der Waals surface area contributed by atoms with E-state index in [0.29, 0.717) is 19.3 Å². The molecule has 0 aliphatic heterocycles. The van der Waals surface area contributed by atoms with Crippen molar-refractivity contribution in [3.8, 4) is 6.07 Å². The lowest BCUT2D eigenvalue weighted by atomic mass is 10.2. The molecule has 0 aromatic rings. The van der Waals surface area contributed by atoms with Crippen molar-refractivity contribution in [3.05, 3.63) is 0 Å². The van der Waals surface area contributed by atoms with Crippen LogP contribution in [0, 0.1) is 17.2 Å². The molecule has 1 atom stereocenters. The molecule has 0 aromatic heterocycles. The van der Waals surface area contributed by atoms with Gasteiger partial charge in [-0.05, 0) is 12.8 Å². The molecule has 15 heavy (non-hydrogen) atoms. The van der Waals surface area contributed by atoms with Crippen molar-refractivity contribution >= 4 is 15.8 Å². The van der Waals surface area contributed by atoms with Crippen LogP contribution in [0.4, 0.5) is 0 Å². The van der Waals surface area contributed by atoms with Gasteiger partial charge in [0, 0.05) is 6.42 Å². The first-order valence-electron chi connectivity index (χ1n) is 4.69. The largest absolute Gasteiger partial charge is 0.481 e. The zero-order valence-electron chi connectivity index (χ0n) is 8.64. The van der Waals surface area contributed by atoms with Crippen LogP contribution in [-0.4, -0.2) is 31.0 Å². The summed E-state index contributed by atoms with van der Waals surface area (Å²) in [7, 11) is -3.30. The van der Waals surface area contributed by atoms with Crippen LogP contribution in [0.25, 0.3) is 0 Å². The van der Waals surface area contributed by atoms with Crippen LogP contribution in [0.15, 0.2) is 0 Å². The second kappa shape index (κ2) is 6.40. The molecule has 5 nitrogen and oxygen atoms in total. The zero-order valence-corrected chi connectivity index (χ0v) is 9.46. The third-order valence-electron chi connectivity index (χ3n) is 1.92. The molecule has 0 aliphatic carbocycles. The van der Waals surface area contributed by atoms with Gasteiger partial charge in [-0.2, -0.15) is 5.26 Å². The molecule has 0 saturated carbocycles. The number of hydrogen-bond donors (Lipinski definition) is 1. The highest BCUT2D eigenvalue weighted by atomic mass is 32.2. The van der Waals surface area contributed by atoms with Crippen molar-refractivity contribution < 1.29 is 18.3 Å². The predicted octanol–water partition coefficient (Wildman–Crippen LogP) is 0.816. The molecule has 86 valence electrons. The number of sulfone groups is 1. The normalized spacial score (nSPS) is 13.1. The summed E-state index contributed by atoms with van der Waals surface area (Å²) < 4.78 is 22.7. The number of unbranched alkanes of at least 4 members (excludes halogenated alkanes) is 2. The topological polar surface area (TPSA) is 95.2 Å². The molecule has 6 heteroatoms. The van der Waals surface area contributed by atoms with E-state index < -0.39 is 21.7 Å². The van der Waals surface area contributed by atoms with Crippen molar-refractivity contribution in [1.82, 2.24) is 0 Å². The zero-order chi connectivity index (χ0) is 11.9. The van der Waals surface area contributed by atoms with Gasteiger partial charge >= 0.3 is 5.97 Å². The summed E-state index contributed by atoms with van der Waals surface area (Å²) in [5, 5.41) is 16.8. The number of aliphatic carboxylic acids is 1. The summed E-state index contributed by atoms with van der Waals surface area (Å²) in [5.74, 6) is -2.33. The molecule has 0 spiro atoms. The molecule has 0 saturated heterocycles. The van der Waals surface area contributed by atoms with E-state index in [2.05, 4.69) is 0 Å². The lowest BCUT2D eigenvalue weighted by Crippen LogP contribution is -2.22. The molecule has 0 aliphatic rings. The Morgan fingerprint density at radius 3 is 2.53 bits per heavy atom. The molecular formula is C9H15NO4S. The van der Waals surface area contributed by atoms with E-state index in [9.17, 15) is 13.2 Å². The lowest BCUT2D eigenvalue weighted by Gasteiger charge is -2.06. The minimum atomic E-state index is -3.30. The van der Waals surface area contributed by atoms with Gasteiger partial charge in [-0.1, -0.05) is 6.92 Å². The van der Waals surface area contributed by atoms with E-state index in [0.717, 1.165) is 0 Å². The van der Waals surface area contributed by atoms with Crippen molar-refractivity contribution in [2.75, 3.05) is 11.5 Å². The summed E-state index contributed by atoms with van der Waals surface area (Å²) in [6.07, 6.45) is 1.30. The third kappa shape index (κ3) is 6.91. The van der Waals surface area contributed by atoms with Gasteiger partial charge in [0.1, 0.15) is 0 Å². The Hall–Kier alpha value is -1.09. The fourth-order valence-corrected chi connectivity index (χ4v) is 2.78. The molecule has 0 heterocycles. The maximum Gasteiger partial charge on any atom is 0.307 e. The van der Waals surface area contributed by atoms with Gasteiger partial charge in [-0.25, -0.2) is 8.42 Å². The van der Waals surface area contributed by atoms with Crippen molar-refractivity contribution in [2.24, 2.45) is 5.92 Å². The van der Waals surface area contributed by atoms with Gasteiger partial charge in [-0.15, -0.1) is 0 Å². The Bertz CT molecular complexity index is 342. The number of carboxylic acid groups (broad SMARTS) is 1. The lowest BCUT2D eigenvalue weighted by molar-refractivity contribution is -0.140. The van der Waals surface area contributed by atoms with E-state index in [4.69, 9.17) is 10.4 Å². The van der Waals surface area contributed by atoms with Crippen LogP contribution in [0.3, 0.4) is 0 Å². The number of nitriles is 1. The fraction of sp³-hybridized carbons (Fsp3) is 0.778. The Kier molecular flexibility index (Phi) is 5.94. The van der Waals surface area contributed by atoms with E-state index in [1.54, 1.807) is 0 Å². The van der Waals surface area contributed by atoms with Gasteiger partial charge in [0.05, 0.1) is 23.5 Å². The molecule has 0 fully saturated rings. The number of nitrogens with zero attached hydrogens (tertiary/aromatic N) is 1. The first kappa shape index (κ1) is 13.9. The van der Waals surface area contributed by atoms with E-state index >= 15 is 0 Å². The Morgan fingerprint density at radius 1 is 1.47 bits per heavy atom. The monoisotopic (exact) mass is 233 g/mol. The predicted molar refractivity (Wildman–Crippen MR) is 54.9 cm³/mol. The number of hydrogen-bond acceptors (Lipinski definition) is 4. The van der Waals surface area contributed by atoms with Crippen molar-refractivity contribution in [3.63, 3.8) is 0 Å². The maximum atomic E-state index is 11.4. The van der Waals surface area contributed by atoms with Gasteiger partial charge in [0.2, 0.25) is 0 Å². The van der Waals surface area contributed by atoms with Crippen LogP contribution in [0.2, 0.25) is 0 Å². The van der Waals surface area contributed by atoms with Crippen molar-refractivity contribution in [1.29, 1.82) is 5.26 Å². The number of carboxylic acids is 1. The Labute approximate surface area is 89.6 Å². The number of carbonyl (C=O) groups is 1. The minimum absolute atomic E-state index is 0.0354. The summed E-state index contributed by atoms with van der Waals surface area (Å²) in [5.41, 5.74) is 0. The molecule has 0 aromatic carbocycles. The second-order valence-electron chi connectivity index (χ2n) is 3.47. The number of rotatable bonds is 7. The highest BCUT2D eigenvalue weighted by Gasteiger charge is 2.20. The maximum absolute atomic E-state index is 11.4. The Balaban J connectivity index is 3.99. The summed E-state index contributed by atoms with van der Waals surface area (Å²) >= 11 is 0. The van der Waals surface area contributed by atoms with E-state index in [1.165, 1.54) is 6.92 Å². The average molecular weight is 233 g/mol. The van der Waals surface area contributed by atoms with Crippen LogP contribution >= 0.6 is 0 Å². The van der Waals surface area contributed by atoms with Crippen LogP contribution < -0.4 is 0 Å². The summed E-state index contributed by atoms with van der Waals surface area (Å²) in [6, 6.07) is 1.92. The highest BCUT2D eigenvalue weighted by Crippen LogP contribution is 2.05. The van der Waals surface area contributed by atoms with Gasteiger partial charge in [0.25, 0.3) is 0 Å². The molecule has 0 bridgehead atoms. The van der Waals surface area contributed by atoms with Gasteiger partial charge in [0.15, 0.2) is 9.84 Å². The van der Waals surface area contributed by atoms with Crippen LogP contribution in [0.1, 0.15) is 26.2 Å². The smallest absolute Gasteiger partial charge is 0.307 e. The molecule has 0 radical (unpaired) electrons. The molecule has 1 unspecified atom stereocenters. The first-order valence-corrected chi connectivity index (χ1v) is 6.51. The Morgan fingerprint density at radius 2 is 2.07 bits per heavy atom. The first-order chi connectivity index (χ1) is 6.89. The third-order valence-corrected chi connectivity index (χ3v) is 3.84. The second-order valence-corrected chi connectivity index (χ2v) is 5.70. The summed E-state index contributed by atoms with van der Waals surface area (Å²) in [6.45, 7) is 1.37. The SMILES string of the molecule is CC(CS(=O)(=O)CCCCC#N)C(=O)O. The van der Waals surface area contributed by atoms with Crippen molar-refractivity contribution in [2.45, 2.75) is 26.2 Å². The molecular weight excluding hydrogens is 218 g/mol. The average Bonchev–Trinajstić information content (AvgIpc) is 2.11. The summed E-state index contributed by atoms with van der Waals surface area (Å²) in [4.78, 5) is 10.4. The molecule has 0 amide bonds. The van der Waals surface area contributed by atoms with E-state index in [-0.39, 0.29) is 11.5 Å². The van der Waals surface area contributed by atoms with Crippen LogP contribution in [0.5, 0.6) is 0 Å². The fourth-order valence-electron chi connectivity index (χ4n) is 1.06. The van der Waals surface area contributed by atoms with Crippen LogP contribution in [-0.2, 0) is 14.6 Å². The van der Waals surface area contributed by atoms with Gasteiger partial charge < -0.3 is 5.11 Å². The van der Waals surface area contributed by atoms with Gasteiger partial charge in [-0.3, -0.25) is 4.79 Å². The highest BCUT2D eigenvalue weighted by molar-refractivity contribution is 7.91. The minimum Gasteiger partial charge on any atom is -0.481 e.